The predicted octanol–water partition coefficient (Wildman–Crippen LogP) is 2.74. The van der Waals surface area contributed by atoms with Gasteiger partial charge in [0.2, 0.25) is 0 Å². The molecule has 2 heterocycles. The number of hydrogen-bond donors (Lipinski definition) is 2. The lowest BCUT2D eigenvalue weighted by Gasteiger charge is -2.12. The summed E-state index contributed by atoms with van der Waals surface area (Å²) in [4.78, 5) is 9.23. The van der Waals surface area contributed by atoms with Crippen LogP contribution in [-0.4, -0.2) is 31.9 Å². The van der Waals surface area contributed by atoms with Gasteiger partial charge in [0, 0.05) is 24.2 Å². The molecule has 1 fully saturated rings. The van der Waals surface area contributed by atoms with Gasteiger partial charge in [-0.3, -0.25) is 0 Å². The Balaban J connectivity index is 1.94. The SMILES string of the molecule is CCCNc1cc(C2CCCC2)nc(-c2cn[nH]n2)n1. The normalized spacial score (nSPS) is 15.7. The fourth-order valence-corrected chi connectivity index (χ4v) is 2.66. The van der Waals surface area contributed by atoms with Crippen molar-refractivity contribution in [1.82, 2.24) is 25.4 Å². The molecule has 0 atom stereocenters. The second kappa shape index (κ2) is 5.98. The molecule has 106 valence electrons. The van der Waals surface area contributed by atoms with Gasteiger partial charge >= 0.3 is 0 Å². The molecule has 0 unspecified atom stereocenters. The molecule has 2 N–H and O–H groups in total. The summed E-state index contributed by atoms with van der Waals surface area (Å²) < 4.78 is 0. The third kappa shape index (κ3) is 2.79. The van der Waals surface area contributed by atoms with E-state index in [0.717, 1.165) is 24.5 Å². The smallest absolute Gasteiger partial charge is 0.183 e. The molecular formula is C14H20N6. The highest BCUT2D eigenvalue weighted by atomic mass is 15.3. The molecule has 6 heteroatoms. The molecule has 20 heavy (non-hydrogen) atoms. The van der Waals surface area contributed by atoms with Crippen molar-refractivity contribution in [2.24, 2.45) is 0 Å². The van der Waals surface area contributed by atoms with Crippen LogP contribution in [0, 0.1) is 0 Å². The molecule has 0 aliphatic heterocycles. The van der Waals surface area contributed by atoms with Gasteiger partial charge in [0.1, 0.15) is 11.5 Å². The first-order chi connectivity index (χ1) is 9.86. The Hall–Kier alpha value is -1.98. The van der Waals surface area contributed by atoms with Gasteiger partial charge < -0.3 is 5.32 Å². The zero-order valence-electron chi connectivity index (χ0n) is 11.8. The average molecular weight is 272 g/mol. The molecule has 6 nitrogen and oxygen atoms in total. The number of nitrogens with zero attached hydrogens (tertiary/aromatic N) is 4. The molecule has 1 saturated carbocycles. The Kier molecular flexibility index (Phi) is 3.90. The Morgan fingerprint density at radius 2 is 2.15 bits per heavy atom. The molecule has 0 amide bonds. The maximum absolute atomic E-state index is 4.69. The topological polar surface area (TPSA) is 79.4 Å². The first-order valence-corrected chi connectivity index (χ1v) is 7.36. The van der Waals surface area contributed by atoms with Crippen LogP contribution in [0.5, 0.6) is 0 Å². The largest absolute Gasteiger partial charge is 0.370 e. The first-order valence-electron chi connectivity index (χ1n) is 7.36. The van der Waals surface area contributed by atoms with Crippen LogP contribution in [0.25, 0.3) is 11.5 Å². The highest BCUT2D eigenvalue weighted by molar-refractivity contribution is 5.52. The Morgan fingerprint density at radius 1 is 1.30 bits per heavy atom. The standard InChI is InChI=1S/C14H20N6/c1-2-7-15-13-8-11(10-5-3-4-6-10)17-14(18-13)12-9-16-20-19-12/h8-10H,2-7H2,1H3,(H,15,17,18)(H,16,19,20). The minimum atomic E-state index is 0.561. The summed E-state index contributed by atoms with van der Waals surface area (Å²) in [6, 6.07) is 2.09. The van der Waals surface area contributed by atoms with E-state index in [1.54, 1.807) is 6.20 Å². The Bertz CT molecular complexity index is 545. The van der Waals surface area contributed by atoms with E-state index < -0.39 is 0 Å². The minimum absolute atomic E-state index is 0.561. The van der Waals surface area contributed by atoms with Crippen LogP contribution >= 0.6 is 0 Å². The van der Waals surface area contributed by atoms with Gasteiger partial charge in [-0.2, -0.15) is 15.4 Å². The summed E-state index contributed by atoms with van der Waals surface area (Å²) in [5, 5.41) is 13.9. The van der Waals surface area contributed by atoms with Crippen LogP contribution in [0.1, 0.15) is 50.6 Å². The molecule has 0 radical (unpaired) electrons. The van der Waals surface area contributed by atoms with E-state index in [1.807, 2.05) is 0 Å². The molecule has 2 aromatic rings. The van der Waals surface area contributed by atoms with Gasteiger partial charge in [-0.25, -0.2) is 9.97 Å². The van der Waals surface area contributed by atoms with Crippen LogP contribution in [-0.2, 0) is 0 Å². The maximum Gasteiger partial charge on any atom is 0.183 e. The second-order valence-corrected chi connectivity index (χ2v) is 5.27. The summed E-state index contributed by atoms with van der Waals surface area (Å²) >= 11 is 0. The second-order valence-electron chi connectivity index (χ2n) is 5.27. The van der Waals surface area contributed by atoms with Crippen LogP contribution in [0.4, 0.5) is 5.82 Å². The molecule has 0 aromatic carbocycles. The van der Waals surface area contributed by atoms with Crippen molar-refractivity contribution < 1.29 is 0 Å². The van der Waals surface area contributed by atoms with Gasteiger partial charge in [-0.15, -0.1) is 0 Å². The number of hydrogen-bond acceptors (Lipinski definition) is 5. The van der Waals surface area contributed by atoms with Crippen molar-refractivity contribution in [3.05, 3.63) is 18.0 Å². The fraction of sp³-hybridized carbons (Fsp3) is 0.571. The van der Waals surface area contributed by atoms with Gasteiger partial charge in [-0.05, 0) is 19.3 Å². The van der Waals surface area contributed by atoms with Crippen molar-refractivity contribution in [2.45, 2.75) is 44.9 Å². The highest BCUT2D eigenvalue weighted by Gasteiger charge is 2.20. The Morgan fingerprint density at radius 3 is 2.85 bits per heavy atom. The Labute approximate surface area is 118 Å². The zero-order valence-corrected chi connectivity index (χ0v) is 11.8. The van der Waals surface area contributed by atoms with Gasteiger partial charge in [-0.1, -0.05) is 19.8 Å². The van der Waals surface area contributed by atoms with Crippen molar-refractivity contribution in [2.75, 3.05) is 11.9 Å². The van der Waals surface area contributed by atoms with Crippen molar-refractivity contribution in [1.29, 1.82) is 0 Å². The number of H-pyrrole nitrogens is 1. The number of nitrogens with one attached hydrogen (secondary N) is 2. The summed E-state index contributed by atoms with van der Waals surface area (Å²) in [7, 11) is 0. The number of aromatic amines is 1. The maximum atomic E-state index is 4.69. The highest BCUT2D eigenvalue weighted by Crippen LogP contribution is 2.34. The molecule has 1 aliphatic rings. The van der Waals surface area contributed by atoms with E-state index in [9.17, 15) is 0 Å². The van der Waals surface area contributed by atoms with E-state index in [1.165, 1.54) is 25.7 Å². The number of rotatable bonds is 5. The molecule has 2 aromatic heterocycles. The number of anilines is 1. The van der Waals surface area contributed by atoms with Gasteiger partial charge in [0.05, 0.1) is 6.20 Å². The van der Waals surface area contributed by atoms with Gasteiger partial charge in [0.25, 0.3) is 0 Å². The van der Waals surface area contributed by atoms with Crippen LogP contribution in [0.3, 0.4) is 0 Å². The third-order valence-corrected chi connectivity index (χ3v) is 3.72. The molecule has 0 spiro atoms. The third-order valence-electron chi connectivity index (χ3n) is 3.72. The molecule has 3 rings (SSSR count). The quantitative estimate of drug-likeness (QED) is 0.875. The van der Waals surface area contributed by atoms with E-state index in [0.29, 0.717) is 17.4 Å². The lowest BCUT2D eigenvalue weighted by Crippen LogP contribution is -2.07. The minimum Gasteiger partial charge on any atom is -0.370 e. The van der Waals surface area contributed by atoms with E-state index >= 15 is 0 Å². The van der Waals surface area contributed by atoms with Crippen LogP contribution in [0.15, 0.2) is 12.3 Å². The summed E-state index contributed by atoms with van der Waals surface area (Å²) in [5.74, 6) is 2.11. The van der Waals surface area contributed by atoms with E-state index in [2.05, 4.69) is 38.7 Å². The molecular weight excluding hydrogens is 252 g/mol. The molecule has 0 saturated heterocycles. The van der Waals surface area contributed by atoms with E-state index in [-0.39, 0.29) is 0 Å². The lowest BCUT2D eigenvalue weighted by atomic mass is 10.0. The summed E-state index contributed by atoms with van der Waals surface area (Å²) in [6.45, 7) is 3.06. The lowest BCUT2D eigenvalue weighted by molar-refractivity contribution is 0.695. The van der Waals surface area contributed by atoms with Crippen molar-refractivity contribution in [3.63, 3.8) is 0 Å². The average Bonchev–Trinajstić information content (AvgIpc) is 3.17. The van der Waals surface area contributed by atoms with Crippen molar-refractivity contribution >= 4 is 5.82 Å². The predicted molar refractivity (Wildman–Crippen MR) is 77.4 cm³/mol. The monoisotopic (exact) mass is 272 g/mol. The molecule has 0 bridgehead atoms. The first kappa shape index (κ1) is 13.0. The van der Waals surface area contributed by atoms with Crippen LogP contribution < -0.4 is 5.32 Å². The number of aromatic nitrogens is 5. The molecule has 1 aliphatic carbocycles. The fourth-order valence-electron chi connectivity index (χ4n) is 2.66. The van der Waals surface area contributed by atoms with Crippen molar-refractivity contribution in [3.8, 4) is 11.5 Å². The van der Waals surface area contributed by atoms with E-state index in [4.69, 9.17) is 4.98 Å². The zero-order chi connectivity index (χ0) is 13.8. The van der Waals surface area contributed by atoms with Gasteiger partial charge in [0.15, 0.2) is 5.82 Å². The van der Waals surface area contributed by atoms with Crippen LogP contribution in [0.2, 0.25) is 0 Å². The summed E-state index contributed by atoms with van der Waals surface area (Å²) in [5.41, 5.74) is 1.83. The summed E-state index contributed by atoms with van der Waals surface area (Å²) in [6.07, 6.45) is 7.78.